The molecule has 2 aromatic rings. The fourth-order valence-electron chi connectivity index (χ4n) is 2.08. The molecule has 2 aromatic carbocycles. The van der Waals surface area contributed by atoms with E-state index in [1.54, 1.807) is 30.3 Å². The van der Waals surface area contributed by atoms with Gasteiger partial charge in [0.2, 0.25) is 0 Å². The van der Waals surface area contributed by atoms with Crippen LogP contribution in [0.15, 0.2) is 47.4 Å². The fraction of sp³-hybridized carbons (Fsp3) is 0.133. The third-order valence-corrected chi connectivity index (χ3v) is 3.96. The first kappa shape index (κ1) is 16.0. The Hall–Kier alpha value is -2.38. The van der Waals surface area contributed by atoms with Gasteiger partial charge < -0.3 is 9.47 Å². The molecule has 116 valence electrons. The van der Waals surface area contributed by atoms with Crippen LogP contribution in [0.1, 0.15) is 15.9 Å². The van der Waals surface area contributed by atoms with Gasteiger partial charge in [-0.3, -0.25) is 9.35 Å². The van der Waals surface area contributed by atoms with E-state index in [-0.39, 0.29) is 17.1 Å². The van der Waals surface area contributed by atoms with Crippen LogP contribution in [-0.2, 0) is 10.1 Å². The quantitative estimate of drug-likeness (QED) is 0.670. The summed E-state index contributed by atoms with van der Waals surface area (Å²) in [5.74, 6) is -0.666. The molecule has 0 fully saturated rings. The molecule has 0 heterocycles. The van der Waals surface area contributed by atoms with Crippen LogP contribution in [0.5, 0.6) is 11.5 Å². The van der Waals surface area contributed by atoms with E-state index in [9.17, 15) is 17.8 Å². The lowest BCUT2D eigenvalue weighted by Gasteiger charge is -2.14. The van der Waals surface area contributed by atoms with Gasteiger partial charge in [-0.05, 0) is 12.1 Å². The Kier molecular flexibility index (Phi) is 4.48. The van der Waals surface area contributed by atoms with Crippen molar-refractivity contribution in [3.63, 3.8) is 0 Å². The summed E-state index contributed by atoms with van der Waals surface area (Å²) in [5.41, 5.74) is 0.103. The van der Waals surface area contributed by atoms with Crippen molar-refractivity contribution in [1.29, 1.82) is 0 Å². The van der Waals surface area contributed by atoms with Gasteiger partial charge in [-0.1, -0.05) is 30.3 Å². The zero-order chi connectivity index (χ0) is 16.3. The van der Waals surface area contributed by atoms with E-state index in [2.05, 4.69) is 0 Å². The van der Waals surface area contributed by atoms with Crippen molar-refractivity contribution in [1.82, 2.24) is 0 Å². The maximum Gasteiger partial charge on any atom is 0.299 e. The van der Waals surface area contributed by atoms with E-state index >= 15 is 0 Å². The fourth-order valence-corrected chi connectivity index (χ4v) is 2.94. The van der Waals surface area contributed by atoms with Gasteiger partial charge in [0.15, 0.2) is 22.2 Å². The van der Waals surface area contributed by atoms with Gasteiger partial charge in [0.25, 0.3) is 10.1 Å². The van der Waals surface area contributed by atoms with Crippen LogP contribution >= 0.6 is 0 Å². The summed E-state index contributed by atoms with van der Waals surface area (Å²) in [6.45, 7) is 0. The molecular formula is C15H14O6S. The summed E-state index contributed by atoms with van der Waals surface area (Å²) < 4.78 is 42.9. The van der Waals surface area contributed by atoms with Gasteiger partial charge in [0, 0.05) is 11.1 Å². The van der Waals surface area contributed by atoms with E-state index in [0.717, 1.165) is 0 Å². The molecule has 22 heavy (non-hydrogen) atoms. The van der Waals surface area contributed by atoms with Crippen molar-refractivity contribution in [2.75, 3.05) is 14.2 Å². The van der Waals surface area contributed by atoms with Crippen LogP contribution in [-0.4, -0.2) is 33.0 Å². The number of ketones is 1. The van der Waals surface area contributed by atoms with Gasteiger partial charge in [0.1, 0.15) is 0 Å². The molecule has 0 aliphatic carbocycles. The summed E-state index contributed by atoms with van der Waals surface area (Å²) in [6, 6.07) is 10.8. The summed E-state index contributed by atoms with van der Waals surface area (Å²) in [4.78, 5) is 11.9. The van der Waals surface area contributed by atoms with Crippen molar-refractivity contribution < 1.29 is 27.2 Å². The average molecular weight is 322 g/mol. The Balaban J connectivity index is 2.74. The van der Waals surface area contributed by atoms with Crippen LogP contribution in [0, 0.1) is 0 Å². The first-order valence-corrected chi connectivity index (χ1v) is 7.66. The predicted octanol–water partition coefficient (Wildman–Crippen LogP) is 2.18. The number of benzene rings is 2. The number of methoxy groups -OCH3 is 2. The summed E-state index contributed by atoms with van der Waals surface area (Å²) in [5, 5.41) is 0. The van der Waals surface area contributed by atoms with Crippen LogP contribution in [0.2, 0.25) is 0 Å². The van der Waals surface area contributed by atoms with E-state index in [4.69, 9.17) is 9.47 Å². The molecule has 0 atom stereocenters. The average Bonchev–Trinajstić information content (AvgIpc) is 2.52. The number of hydrogen-bond donors (Lipinski definition) is 1. The molecule has 0 spiro atoms. The van der Waals surface area contributed by atoms with Crippen molar-refractivity contribution in [3.05, 3.63) is 53.6 Å². The molecule has 0 saturated heterocycles. The molecule has 0 saturated carbocycles. The molecule has 6 nitrogen and oxygen atoms in total. The van der Waals surface area contributed by atoms with Gasteiger partial charge in [0.05, 0.1) is 14.2 Å². The predicted molar refractivity (Wildman–Crippen MR) is 79.2 cm³/mol. The van der Waals surface area contributed by atoms with Gasteiger partial charge in [-0.25, -0.2) is 0 Å². The SMILES string of the molecule is COc1ccc(C(=O)c2ccccc2)c(S(=O)(=O)O)c1OC. The molecule has 0 aliphatic heterocycles. The van der Waals surface area contributed by atoms with Gasteiger partial charge in [-0.15, -0.1) is 0 Å². The van der Waals surface area contributed by atoms with E-state index < -0.39 is 20.8 Å². The third kappa shape index (κ3) is 2.95. The molecular weight excluding hydrogens is 308 g/mol. The van der Waals surface area contributed by atoms with Crippen molar-refractivity contribution >= 4 is 15.9 Å². The second-order valence-electron chi connectivity index (χ2n) is 4.35. The van der Waals surface area contributed by atoms with E-state index in [1.807, 2.05) is 0 Å². The normalized spacial score (nSPS) is 11.0. The Morgan fingerprint density at radius 3 is 2.14 bits per heavy atom. The lowest BCUT2D eigenvalue weighted by atomic mass is 10.0. The number of carbonyl (C=O) groups is 1. The standard InChI is InChI=1S/C15H14O6S/c1-20-12-9-8-11(13(16)10-6-4-3-5-7-10)15(14(12)21-2)22(17,18)19/h3-9H,1-2H3,(H,17,18,19). The van der Waals surface area contributed by atoms with Gasteiger partial charge in [-0.2, -0.15) is 8.42 Å². The first-order chi connectivity index (χ1) is 10.4. The largest absolute Gasteiger partial charge is 0.493 e. The Morgan fingerprint density at radius 2 is 1.64 bits per heavy atom. The maximum atomic E-state index is 12.5. The number of ether oxygens (including phenoxy) is 2. The monoisotopic (exact) mass is 322 g/mol. The number of rotatable bonds is 5. The van der Waals surface area contributed by atoms with Gasteiger partial charge >= 0.3 is 0 Å². The van der Waals surface area contributed by atoms with Crippen LogP contribution in [0.4, 0.5) is 0 Å². The van der Waals surface area contributed by atoms with Crippen molar-refractivity contribution in [2.45, 2.75) is 4.90 Å². The maximum absolute atomic E-state index is 12.5. The number of hydrogen-bond acceptors (Lipinski definition) is 5. The molecule has 0 radical (unpaired) electrons. The number of carbonyl (C=O) groups excluding carboxylic acids is 1. The Morgan fingerprint density at radius 1 is 1.00 bits per heavy atom. The topological polar surface area (TPSA) is 89.9 Å². The molecule has 2 rings (SSSR count). The molecule has 7 heteroatoms. The Bertz CT molecular complexity index is 796. The molecule has 0 unspecified atom stereocenters. The summed E-state index contributed by atoms with van der Waals surface area (Å²) in [6.07, 6.45) is 0. The molecule has 0 aliphatic rings. The lowest BCUT2D eigenvalue weighted by Crippen LogP contribution is -2.12. The molecule has 0 aromatic heterocycles. The van der Waals surface area contributed by atoms with Crippen molar-refractivity contribution in [3.8, 4) is 11.5 Å². The zero-order valence-electron chi connectivity index (χ0n) is 11.9. The van der Waals surface area contributed by atoms with Crippen molar-refractivity contribution in [2.24, 2.45) is 0 Å². The first-order valence-electron chi connectivity index (χ1n) is 6.22. The molecule has 1 N–H and O–H groups in total. The minimum atomic E-state index is -4.69. The molecule has 0 bridgehead atoms. The second kappa shape index (κ2) is 6.17. The minimum Gasteiger partial charge on any atom is -0.493 e. The summed E-state index contributed by atoms with van der Waals surface area (Å²) in [7, 11) is -2.14. The lowest BCUT2D eigenvalue weighted by molar-refractivity contribution is 0.103. The third-order valence-electron chi connectivity index (χ3n) is 3.04. The molecule has 0 amide bonds. The highest BCUT2D eigenvalue weighted by molar-refractivity contribution is 7.86. The van der Waals surface area contributed by atoms with Crippen LogP contribution in [0.25, 0.3) is 0 Å². The highest BCUT2D eigenvalue weighted by Gasteiger charge is 2.28. The second-order valence-corrected chi connectivity index (χ2v) is 5.71. The van der Waals surface area contributed by atoms with E-state index in [1.165, 1.54) is 26.4 Å². The van der Waals surface area contributed by atoms with Crippen LogP contribution < -0.4 is 9.47 Å². The smallest absolute Gasteiger partial charge is 0.299 e. The van der Waals surface area contributed by atoms with E-state index in [0.29, 0.717) is 5.56 Å². The minimum absolute atomic E-state index is 0.0970. The Labute approximate surface area is 128 Å². The highest BCUT2D eigenvalue weighted by atomic mass is 32.2. The summed E-state index contributed by atoms with van der Waals surface area (Å²) >= 11 is 0. The highest BCUT2D eigenvalue weighted by Crippen LogP contribution is 2.37. The zero-order valence-corrected chi connectivity index (χ0v) is 12.8. The van der Waals surface area contributed by atoms with Crippen LogP contribution in [0.3, 0.4) is 0 Å².